The van der Waals surface area contributed by atoms with Gasteiger partial charge in [0.15, 0.2) is 6.29 Å². The Bertz CT molecular complexity index is 474. The van der Waals surface area contributed by atoms with E-state index in [9.17, 15) is 0 Å². The van der Waals surface area contributed by atoms with E-state index in [0.717, 1.165) is 35.3 Å². The van der Waals surface area contributed by atoms with Crippen molar-refractivity contribution in [2.24, 2.45) is 5.92 Å². The SMILES string of the molecule is COc1ccc([C@H]2OCC[C@@H](C[C@@H](C)C3SCCCS3)O2)cc1. The summed E-state index contributed by atoms with van der Waals surface area (Å²) in [6.45, 7) is 3.15. The van der Waals surface area contributed by atoms with Gasteiger partial charge >= 0.3 is 0 Å². The van der Waals surface area contributed by atoms with Crippen molar-refractivity contribution in [1.29, 1.82) is 0 Å². The van der Waals surface area contributed by atoms with E-state index in [1.165, 1.54) is 17.9 Å². The molecular formula is C18H26O3S2. The second kappa shape index (κ2) is 8.65. The zero-order valence-electron chi connectivity index (χ0n) is 13.9. The smallest absolute Gasteiger partial charge is 0.184 e. The summed E-state index contributed by atoms with van der Waals surface area (Å²) in [5, 5.41) is 0. The van der Waals surface area contributed by atoms with Crippen LogP contribution < -0.4 is 4.74 Å². The van der Waals surface area contributed by atoms with Crippen molar-refractivity contribution in [2.45, 2.75) is 43.2 Å². The van der Waals surface area contributed by atoms with Crippen LogP contribution in [-0.4, -0.2) is 35.9 Å². The molecule has 2 fully saturated rings. The molecule has 1 aromatic rings. The predicted octanol–water partition coefficient (Wildman–Crippen LogP) is 4.72. The number of benzene rings is 1. The monoisotopic (exact) mass is 354 g/mol. The molecule has 128 valence electrons. The molecule has 0 aliphatic carbocycles. The molecule has 5 heteroatoms. The minimum absolute atomic E-state index is 0.237. The lowest BCUT2D eigenvalue weighted by molar-refractivity contribution is -0.220. The van der Waals surface area contributed by atoms with Crippen LogP contribution in [0.5, 0.6) is 5.75 Å². The summed E-state index contributed by atoms with van der Waals surface area (Å²) in [6, 6.07) is 7.98. The number of hydrogen-bond donors (Lipinski definition) is 0. The molecule has 1 aromatic carbocycles. The first kappa shape index (κ1) is 17.5. The van der Waals surface area contributed by atoms with Gasteiger partial charge in [0.25, 0.3) is 0 Å². The molecule has 0 bridgehead atoms. The molecule has 2 aliphatic heterocycles. The van der Waals surface area contributed by atoms with Crippen LogP contribution in [0.3, 0.4) is 0 Å². The number of thioether (sulfide) groups is 2. The third-order valence-electron chi connectivity index (χ3n) is 4.37. The number of hydrogen-bond acceptors (Lipinski definition) is 5. The fourth-order valence-corrected chi connectivity index (χ4v) is 6.17. The van der Waals surface area contributed by atoms with Crippen molar-refractivity contribution in [3.8, 4) is 5.75 Å². The van der Waals surface area contributed by atoms with E-state index in [1.807, 2.05) is 24.3 Å². The normalized spacial score (nSPS) is 27.6. The van der Waals surface area contributed by atoms with Gasteiger partial charge in [-0.25, -0.2) is 0 Å². The summed E-state index contributed by atoms with van der Waals surface area (Å²) in [7, 11) is 1.68. The first-order valence-corrected chi connectivity index (χ1v) is 10.5. The van der Waals surface area contributed by atoms with Crippen LogP contribution in [0.25, 0.3) is 0 Å². The summed E-state index contributed by atoms with van der Waals surface area (Å²) in [5.74, 6) is 4.17. The van der Waals surface area contributed by atoms with Crippen molar-refractivity contribution in [1.82, 2.24) is 0 Å². The molecule has 23 heavy (non-hydrogen) atoms. The molecule has 3 rings (SSSR count). The van der Waals surface area contributed by atoms with Crippen LogP contribution in [0, 0.1) is 5.92 Å². The summed E-state index contributed by atoms with van der Waals surface area (Å²) >= 11 is 4.25. The maximum atomic E-state index is 6.23. The van der Waals surface area contributed by atoms with E-state index < -0.39 is 0 Å². The Hall–Kier alpha value is -0.360. The molecule has 0 radical (unpaired) electrons. The molecule has 3 nitrogen and oxygen atoms in total. The van der Waals surface area contributed by atoms with E-state index in [4.69, 9.17) is 14.2 Å². The average Bonchev–Trinajstić information content (AvgIpc) is 2.63. The zero-order chi connectivity index (χ0) is 16.1. The van der Waals surface area contributed by atoms with Gasteiger partial charge in [0.2, 0.25) is 0 Å². The topological polar surface area (TPSA) is 27.7 Å². The van der Waals surface area contributed by atoms with Gasteiger partial charge in [-0.1, -0.05) is 19.1 Å². The van der Waals surface area contributed by atoms with Crippen LogP contribution in [-0.2, 0) is 9.47 Å². The van der Waals surface area contributed by atoms with Gasteiger partial charge in [-0.3, -0.25) is 0 Å². The zero-order valence-corrected chi connectivity index (χ0v) is 15.5. The maximum absolute atomic E-state index is 6.23. The number of ether oxygens (including phenoxy) is 3. The summed E-state index contributed by atoms with van der Waals surface area (Å²) < 4.78 is 18.0. The predicted molar refractivity (Wildman–Crippen MR) is 98.3 cm³/mol. The molecule has 0 saturated carbocycles. The van der Waals surface area contributed by atoms with Gasteiger partial charge in [0, 0.05) is 5.56 Å². The Labute approximate surface area is 147 Å². The molecule has 0 unspecified atom stereocenters. The van der Waals surface area contributed by atoms with Crippen molar-refractivity contribution >= 4 is 23.5 Å². The van der Waals surface area contributed by atoms with E-state index in [2.05, 4.69) is 30.4 Å². The highest BCUT2D eigenvalue weighted by molar-refractivity contribution is 8.17. The standard InChI is InChI=1S/C18H26O3S2/c1-13(18-22-10-3-11-23-18)12-16-8-9-20-17(21-16)14-4-6-15(19-2)7-5-14/h4-7,13,16-18H,3,8-12H2,1-2H3/t13-,16+,17+/m1/s1. The van der Waals surface area contributed by atoms with Crippen molar-refractivity contribution in [2.75, 3.05) is 25.2 Å². The quantitative estimate of drug-likeness (QED) is 0.763. The highest BCUT2D eigenvalue weighted by atomic mass is 32.2. The van der Waals surface area contributed by atoms with Gasteiger partial charge in [-0.2, -0.15) is 0 Å². The molecule has 0 spiro atoms. The molecule has 2 aliphatic rings. The van der Waals surface area contributed by atoms with E-state index in [0.29, 0.717) is 12.0 Å². The summed E-state index contributed by atoms with van der Waals surface area (Å²) in [5.41, 5.74) is 1.07. The molecular weight excluding hydrogens is 328 g/mol. The molecule has 0 aromatic heterocycles. The molecule has 2 saturated heterocycles. The highest BCUT2D eigenvalue weighted by Crippen LogP contribution is 2.39. The summed E-state index contributed by atoms with van der Waals surface area (Å²) in [4.78, 5) is 0. The maximum Gasteiger partial charge on any atom is 0.184 e. The molecule has 0 N–H and O–H groups in total. The Morgan fingerprint density at radius 3 is 2.65 bits per heavy atom. The van der Waals surface area contributed by atoms with Crippen molar-refractivity contribution in [3.63, 3.8) is 0 Å². The third-order valence-corrected chi connectivity index (χ3v) is 7.82. The Kier molecular flexibility index (Phi) is 6.57. The largest absolute Gasteiger partial charge is 0.497 e. The second-order valence-corrected chi connectivity index (χ2v) is 9.00. The van der Waals surface area contributed by atoms with Crippen LogP contribution in [0.1, 0.15) is 38.0 Å². The van der Waals surface area contributed by atoms with Crippen LogP contribution in [0.15, 0.2) is 24.3 Å². The van der Waals surface area contributed by atoms with Crippen molar-refractivity contribution in [3.05, 3.63) is 29.8 Å². The fourth-order valence-electron chi connectivity index (χ4n) is 3.06. The van der Waals surface area contributed by atoms with Crippen molar-refractivity contribution < 1.29 is 14.2 Å². The minimum Gasteiger partial charge on any atom is -0.497 e. The average molecular weight is 355 g/mol. The van der Waals surface area contributed by atoms with Crippen LogP contribution in [0.4, 0.5) is 0 Å². The Balaban J connectivity index is 1.54. The van der Waals surface area contributed by atoms with Gasteiger partial charge in [0.1, 0.15) is 5.75 Å². The lowest BCUT2D eigenvalue weighted by atomic mass is 10.0. The minimum atomic E-state index is -0.237. The van der Waals surface area contributed by atoms with E-state index >= 15 is 0 Å². The lowest BCUT2D eigenvalue weighted by Crippen LogP contribution is -2.30. The Morgan fingerprint density at radius 1 is 1.22 bits per heavy atom. The fraction of sp³-hybridized carbons (Fsp3) is 0.667. The van der Waals surface area contributed by atoms with Gasteiger partial charge in [-0.15, -0.1) is 23.5 Å². The molecule has 3 atom stereocenters. The van der Waals surface area contributed by atoms with Gasteiger partial charge < -0.3 is 14.2 Å². The second-order valence-electron chi connectivity index (χ2n) is 6.20. The first-order chi connectivity index (χ1) is 11.3. The first-order valence-electron chi connectivity index (χ1n) is 8.40. The van der Waals surface area contributed by atoms with Crippen LogP contribution >= 0.6 is 23.5 Å². The lowest BCUT2D eigenvalue weighted by Gasteiger charge is -2.34. The van der Waals surface area contributed by atoms with E-state index in [1.54, 1.807) is 7.11 Å². The number of methoxy groups -OCH3 is 1. The molecule has 2 heterocycles. The number of rotatable bonds is 5. The third kappa shape index (κ3) is 4.81. The summed E-state index contributed by atoms with van der Waals surface area (Å²) in [6.07, 6.45) is 3.54. The molecule has 0 amide bonds. The van der Waals surface area contributed by atoms with Gasteiger partial charge in [0.05, 0.1) is 24.4 Å². The Morgan fingerprint density at radius 2 is 1.96 bits per heavy atom. The van der Waals surface area contributed by atoms with Crippen LogP contribution in [0.2, 0.25) is 0 Å². The highest BCUT2D eigenvalue weighted by Gasteiger charge is 2.29. The van der Waals surface area contributed by atoms with Gasteiger partial charge in [-0.05, 0) is 48.8 Å². The van der Waals surface area contributed by atoms with E-state index in [-0.39, 0.29) is 6.29 Å².